The number of nitrogens with zero attached hydrogens (tertiary/aromatic N) is 2. The van der Waals surface area contributed by atoms with Crippen LogP contribution in [-0.2, 0) is 11.2 Å². The third kappa shape index (κ3) is 4.48. The number of carbonyl (C=O) groups is 1. The summed E-state index contributed by atoms with van der Waals surface area (Å²) in [6.07, 6.45) is 3.84. The molecule has 6 nitrogen and oxygen atoms in total. The lowest BCUT2D eigenvalue weighted by Crippen LogP contribution is -2.47. The summed E-state index contributed by atoms with van der Waals surface area (Å²) < 4.78 is 2.96. The quantitative estimate of drug-likeness (QED) is 0.317. The Morgan fingerprint density at radius 3 is 2.85 bits per heavy atom. The molecule has 0 unspecified atom stereocenters. The minimum atomic E-state index is -0.189. The van der Waals surface area contributed by atoms with Gasteiger partial charge in [-0.25, -0.2) is 4.98 Å². The zero-order chi connectivity index (χ0) is 18.5. The number of hydrazine groups is 1. The lowest BCUT2D eigenvalue weighted by atomic mass is 10.2. The second-order valence-electron chi connectivity index (χ2n) is 5.36. The fraction of sp³-hybridized carbons (Fsp3) is 0.118. The smallest absolute Gasteiger partial charge is 0.244 e. The molecule has 2 heterocycles. The molecular weight excluding hydrogens is 434 g/mol. The largest absolute Gasteiger partial charge is 0.358 e. The summed E-state index contributed by atoms with van der Waals surface area (Å²) in [5, 5.41) is 5.15. The average molecular weight is 450 g/mol. The Morgan fingerprint density at radius 1 is 1.35 bits per heavy atom. The van der Waals surface area contributed by atoms with Crippen molar-refractivity contribution in [2.75, 3.05) is 6.54 Å². The van der Waals surface area contributed by atoms with Gasteiger partial charge in [-0.05, 0) is 24.4 Å². The van der Waals surface area contributed by atoms with Crippen LogP contribution in [0.1, 0.15) is 5.69 Å². The molecule has 1 amide bonds. The van der Waals surface area contributed by atoms with E-state index >= 15 is 0 Å². The molecular formula is C17H16BrN5OS2. The summed E-state index contributed by atoms with van der Waals surface area (Å²) in [6.45, 7) is 4.12. The van der Waals surface area contributed by atoms with Crippen LogP contribution in [0.15, 0.2) is 53.0 Å². The maximum absolute atomic E-state index is 12.1. The van der Waals surface area contributed by atoms with Gasteiger partial charge < -0.3 is 5.32 Å². The van der Waals surface area contributed by atoms with Gasteiger partial charge in [0.2, 0.25) is 5.91 Å². The second-order valence-corrected chi connectivity index (χ2v) is 7.52. The van der Waals surface area contributed by atoms with Gasteiger partial charge in [0.15, 0.2) is 10.1 Å². The summed E-state index contributed by atoms with van der Waals surface area (Å²) in [5.74, 6) is -0.189. The molecule has 0 atom stereocenters. The molecule has 26 heavy (non-hydrogen) atoms. The van der Waals surface area contributed by atoms with Crippen LogP contribution < -0.4 is 16.2 Å². The maximum atomic E-state index is 12.1. The van der Waals surface area contributed by atoms with Gasteiger partial charge in [-0.1, -0.05) is 34.1 Å². The molecule has 0 spiro atoms. The topological polar surface area (TPSA) is 70.5 Å². The predicted octanol–water partition coefficient (Wildman–Crippen LogP) is 3.05. The molecule has 0 aliphatic heterocycles. The predicted molar refractivity (Wildman–Crippen MR) is 112 cm³/mol. The number of hydrogen-bond donors (Lipinski definition) is 3. The molecule has 3 N–H and O–H groups in total. The summed E-state index contributed by atoms with van der Waals surface area (Å²) >= 11 is 9.96. The number of rotatable bonds is 5. The number of aromatic nitrogens is 2. The zero-order valence-corrected chi connectivity index (χ0v) is 16.9. The van der Waals surface area contributed by atoms with Gasteiger partial charge in [-0.2, -0.15) is 0 Å². The Balaban J connectivity index is 1.67. The second kappa shape index (κ2) is 8.43. The van der Waals surface area contributed by atoms with Crippen LogP contribution in [0.4, 0.5) is 0 Å². The van der Waals surface area contributed by atoms with E-state index in [2.05, 4.69) is 43.7 Å². The van der Waals surface area contributed by atoms with E-state index in [4.69, 9.17) is 12.2 Å². The molecule has 0 aliphatic rings. The van der Waals surface area contributed by atoms with Crippen LogP contribution in [-0.4, -0.2) is 26.9 Å². The molecule has 0 saturated heterocycles. The highest BCUT2D eigenvalue weighted by molar-refractivity contribution is 9.10. The van der Waals surface area contributed by atoms with Crippen molar-refractivity contribution in [3.63, 3.8) is 0 Å². The van der Waals surface area contributed by atoms with E-state index in [0.717, 1.165) is 26.4 Å². The van der Waals surface area contributed by atoms with Crippen LogP contribution in [0.3, 0.4) is 0 Å². The summed E-state index contributed by atoms with van der Waals surface area (Å²) in [5.41, 5.74) is 8.01. The third-order valence-corrected chi connectivity index (χ3v) is 5.15. The van der Waals surface area contributed by atoms with Gasteiger partial charge in [0.05, 0.1) is 12.1 Å². The first-order chi connectivity index (χ1) is 12.6. The third-order valence-electron chi connectivity index (χ3n) is 3.49. The average Bonchev–Trinajstić information content (AvgIpc) is 3.21. The minimum absolute atomic E-state index is 0.189. The Bertz CT molecular complexity index is 948. The first kappa shape index (κ1) is 18.6. The standard InChI is InChI=1S/C17H16BrN5OS2/c1-2-7-19-16(25)22-21-15(24)8-13-10-26-17-20-14(9-23(13)17)11-3-5-12(18)6-4-11/h2-6,9-10H,1,7-8H2,(H,21,24)(H2,19,22,25). The van der Waals surface area contributed by atoms with E-state index in [9.17, 15) is 4.79 Å². The number of fused-ring (bicyclic) bond motifs is 1. The van der Waals surface area contributed by atoms with Gasteiger partial charge in [0.25, 0.3) is 0 Å². The Morgan fingerprint density at radius 2 is 2.12 bits per heavy atom. The van der Waals surface area contributed by atoms with Crippen LogP contribution in [0.5, 0.6) is 0 Å². The molecule has 1 aromatic carbocycles. The van der Waals surface area contributed by atoms with Gasteiger partial charge in [0, 0.05) is 33.9 Å². The Hall–Kier alpha value is -2.23. The number of amides is 1. The summed E-state index contributed by atoms with van der Waals surface area (Å²) in [4.78, 5) is 17.6. The Kier molecular flexibility index (Phi) is 6.02. The lowest BCUT2D eigenvalue weighted by molar-refractivity contribution is -0.121. The summed E-state index contributed by atoms with van der Waals surface area (Å²) in [7, 11) is 0. The van der Waals surface area contributed by atoms with Crippen LogP contribution in [0.2, 0.25) is 0 Å². The normalized spacial score (nSPS) is 10.5. The molecule has 3 rings (SSSR count). The van der Waals surface area contributed by atoms with Crippen molar-refractivity contribution >= 4 is 55.5 Å². The number of thiocarbonyl (C=S) groups is 1. The number of hydrogen-bond acceptors (Lipinski definition) is 4. The number of carbonyl (C=O) groups excluding carboxylic acids is 1. The van der Waals surface area contributed by atoms with Crippen molar-refractivity contribution in [2.24, 2.45) is 0 Å². The van der Waals surface area contributed by atoms with E-state index in [0.29, 0.717) is 11.7 Å². The van der Waals surface area contributed by atoms with E-state index in [1.54, 1.807) is 6.08 Å². The SMILES string of the molecule is C=CCNC(=S)NNC(=O)Cc1csc2nc(-c3ccc(Br)cc3)cn12. The first-order valence-electron chi connectivity index (χ1n) is 7.72. The van der Waals surface area contributed by atoms with Crippen molar-refractivity contribution in [1.29, 1.82) is 0 Å². The molecule has 0 radical (unpaired) electrons. The number of imidazole rings is 1. The van der Waals surface area contributed by atoms with Crippen molar-refractivity contribution < 1.29 is 4.79 Å². The molecule has 9 heteroatoms. The number of nitrogens with one attached hydrogen (secondary N) is 3. The van der Waals surface area contributed by atoms with Crippen molar-refractivity contribution in [3.05, 3.63) is 58.7 Å². The van der Waals surface area contributed by atoms with E-state index < -0.39 is 0 Å². The van der Waals surface area contributed by atoms with Crippen molar-refractivity contribution in [1.82, 2.24) is 25.6 Å². The first-order valence-corrected chi connectivity index (χ1v) is 9.80. The number of thiazole rings is 1. The number of benzene rings is 1. The van der Waals surface area contributed by atoms with Crippen LogP contribution in [0, 0.1) is 0 Å². The van der Waals surface area contributed by atoms with Crippen LogP contribution in [0.25, 0.3) is 16.2 Å². The molecule has 3 aromatic rings. The van der Waals surface area contributed by atoms with E-state index in [1.165, 1.54) is 11.3 Å². The molecule has 0 aliphatic carbocycles. The highest BCUT2D eigenvalue weighted by atomic mass is 79.9. The van der Waals surface area contributed by atoms with Crippen molar-refractivity contribution in [3.8, 4) is 11.3 Å². The molecule has 2 aromatic heterocycles. The highest BCUT2D eigenvalue weighted by Gasteiger charge is 2.12. The van der Waals surface area contributed by atoms with Crippen LogP contribution >= 0.6 is 39.5 Å². The monoisotopic (exact) mass is 449 g/mol. The Labute approximate surface area is 168 Å². The van der Waals surface area contributed by atoms with Gasteiger partial charge in [0.1, 0.15) is 0 Å². The molecule has 0 fully saturated rings. The van der Waals surface area contributed by atoms with Gasteiger partial charge >= 0.3 is 0 Å². The molecule has 0 bridgehead atoms. The van der Waals surface area contributed by atoms with Gasteiger partial charge in [-0.15, -0.1) is 17.9 Å². The van der Waals surface area contributed by atoms with E-state index in [-0.39, 0.29) is 12.3 Å². The lowest BCUT2D eigenvalue weighted by Gasteiger charge is -2.09. The fourth-order valence-electron chi connectivity index (χ4n) is 2.26. The minimum Gasteiger partial charge on any atom is -0.358 e. The number of halogens is 1. The molecule has 0 saturated carbocycles. The fourth-order valence-corrected chi connectivity index (χ4v) is 3.53. The van der Waals surface area contributed by atoms with Gasteiger partial charge in [-0.3, -0.25) is 20.0 Å². The maximum Gasteiger partial charge on any atom is 0.244 e. The van der Waals surface area contributed by atoms with E-state index in [1.807, 2.05) is 40.2 Å². The highest BCUT2D eigenvalue weighted by Crippen LogP contribution is 2.25. The summed E-state index contributed by atoms with van der Waals surface area (Å²) in [6, 6.07) is 7.96. The molecule has 134 valence electrons. The zero-order valence-electron chi connectivity index (χ0n) is 13.7. The van der Waals surface area contributed by atoms with Crippen molar-refractivity contribution in [2.45, 2.75) is 6.42 Å².